The molecule has 0 bridgehead atoms. The number of phenols is 1. The molecule has 0 radical (unpaired) electrons. The highest BCUT2D eigenvalue weighted by Crippen LogP contribution is 2.35. The Morgan fingerprint density at radius 1 is 0.900 bits per heavy atom. The van der Waals surface area contributed by atoms with Crippen LogP contribution in [0.4, 0.5) is 0 Å². The molecule has 4 atom stereocenters. The van der Waals surface area contributed by atoms with E-state index in [1.54, 1.807) is 0 Å². The van der Waals surface area contributed by atoms with Gasteiger partial charge in [-0.3, -0.25) is 0 Å². The largest absolute Gasteiger partial charge is 0.504 e. The monoisotopic (exact) mass is 423 g/mol. The summed E-state index contributed by atoms with van der Waals surface area (Å²) in [6.07, 6.45) is -5.10. The zero-order chi connectivity index (χ0) is 22.3. The van der Waals surface area contributed by atoms with Crippen LogP contribution in [0.15, 0.2) is 41.6 Å². The molecular weight excluding hydrogens is 398 g/mol. The van der Waals surface area contributed by atoms with Crippen LogP contribution in [0.2, 0.25) is 0 Å². The second-order valence-corrected chi connectivity index (χ2v) is 6.45. The Balaban J connectivity index is 2.24. The van der Waals surface area contributed by atoms with Gasteiger partial charge in [0.05, 0.1) is 20.8 Å². The van der Waals surface area contributed by atoms with Gasteiger partial charge in [0.15, 0.2) is 29.1 Å². The Morgan fingerprint density at radius 3 is 2.10 bits per heavy atom. The van der Waals surface area contributed by atoms with E-state index in [4.69, 9.17) is 14.2 Å². The average molecular weight is 423 g/mol. The summed E-state index contributed by atoms with van der Waals surface area (Å²) in [6.45, 7) is -1.02. The Morgan fingerprint density at radius 2 is 1.50 bits per heavy atom. The van der Waals surface area contributed by atoms with E-state index in [1.807, 2.05) is 0 Å². The van der Waals surface area contributed by atoms with Crippen molar-refractivity contribution >= 4 is 0 Å². The zero-order valence-electron chi connectivity index (χ0n) is 16.5. The van der Waals surface area contributed by atoms with Gasteiger partial charge in [-0.2, -0.15) is 4.91 Å². The first kappa shape index (κ1) is 23.4. The van der Waals surface area contributed by atoms with Gasteiger partial charge < -0.3 is 39.7 Å². The molecule has 164 valence electrons. The fourth-order valence-corrected chi connectivity index (χ4v) is 2.82. The van der Waals surface area contributed by atoms with Crippen LogP contribution in [-0.2, 0) is 0 Å². The summed E-state index contributed by atoms with van der Waals surface area (Å²) in [5, 5.41) is 52.4. The number of aromatic hydroxyl groups is 1. The second kappa shape index (κ2) is 10.7. The number of aliphatic hydroxyl groups excluding tert-OH is 4. The lowest BCUT2D eigenvalue weighted by Gasteiger charge is -2.25. The van der Waals surface area contributed by atoms with Crippen LogP contribution in [-0.4, -0.2) is 65.1 Å². The molecule has 0 saturated heterocycles. The van der Waals surface area contributed by atoms with Gasteiger partial charge >= 0.3 is 0 Å². The second-order valence-electron chi connectivity index (χ2n) is 6.45. The molecular formula is C20H25NO9. The molecule has 0 fully saturated rings. The topological polar surface area (TPSA) is 158 Å². The fraction of sp³-hybridized carbons (Fsp3) is 0.400. The molecule has 0 saturated carbocycles. The number of phenolic OH excluding ortho intramolecular Hbond substituents is 1. The van der Waals surface area contributed by atoms with Crippen molar-refractivity contribution in [2.45, 2.75) is 24.4 Å². The highest BCUT2D eigenvalue weighted by molar-refractivity contribution is 5.45. The predicted octanol–water partition coefficient (Wildman–Crippen LogP) is 1.04. The van der Waals surface area contributed by atoms with Crippen LogP contribution in [0, 0.1) is 4.91 Å². The minimum atomic E-state index is -1.38. The van der Waals surface area contributed by atoms with E-state index in [2.05, 4.69) is 5.18 Å². The van der Waals surface area contributed by atoms with E-state index in [0.29, 0.717) is 5.56 Å². The quantitative estimate of drug-likeness (QED) is 0.333. The smallest absolute Gasteiger partial charge is 0.161 e. The summed E-state index contributed by atoms with van der Waals surface area (Å²) in [7, 11) is 2.73. The van der Waals surface area contributed by atoms with Gasteiger partial charge in [-0.05, 0) is 35.4 Å². The third kappa shape index (κ3) is 5.36. The van der Waals surface area contributed by atoms with E-state index < -0.39 is 37.6 Å². The van der Waals surface area contributed by atoms with E-state index in [1.165, 1.54) is 50.6 Å². The molecule has 30 heavy (non-hydrogen) atoms. The van der Waals surface area contributed by atoms with Crippen molar-refractivity contribution in [3.8, 4) is 23.0 Å². The summed E-state index contributed by atoms with van der Waals surface area (Å²) in [5.74, 6) is 0.396. The first-order valence-corrected chi connectivity index (χ1v) is 9.01. The number of nitrogens with zero attached hydrogens (tertiary/aromatic N) is 1. The third-order valence-electron chi connectivity index (χ3n) is 4.51. The molecule has 10 heteroatoms. The summed E-state index contributed by atoms with van der Waals surface area (Å²) < 4.78 is 16.0. The third-order valence-corrected chi connectivity index (χ3v) is 4.51. The molecule has 10 nitrogen and oxygen atoms in total. The maximum atomic E-state index is 10.6. The highest BCUT2D eigenvalue weighted by Gasteiger charge is 2.26. The number of hydrogen-bond acceptors (Lipinski definition) is 10. The fourth-order valence-electron chi connectivity index (χ4n) is 2.82. The van der Waals surface area contributed by atoms with E-state index >= 15 is 0 Å². The summed E-state index contributed by atoms with van der Waals surface area (Å²) in [6, 6.07) is 8.52. The number of hydrogen-bond donors (Lipinski definition) is 5. The molecule has 2 rings (SSSR count). The molecule has 0 amide bonds. The van der Waals surface area contributed by atoms with Crippen molar-refractivity contribution in [1.82, 2.24) is 0 Å². The Bertz CT molecular complexity index is 845. The number of nitroso groups, excluding NO2 is 1. The van der Waals surface area contributed by atoms with Crippen molar-refractivity contribution in [2.24, 2.45) is 5.18 Å². The van der Waals surface area contributed by atoms with Gasteiger partial charge in [-0.25, -0.2) is 0 Å². The minimum absolute atomic E-state index is 0.0994. The van der Waals surface area contributed by atoms with Gasteiger partial charge in [0.25, 0.3) is 0 Å². The lowest BCUT2D eigenvalue weighted by molar-refractivity contribution is -0.000726. The Hall–Kier alpha value is -2.92. The number of aliphatic hydroxyl groups is 4. The van der Waals surface area contributed by atoms with E-state index in [9.17, 15) is 30.4 Å². The number of ether oxygens (including phenoxy) is 3. The number of benzene rings is 2. The minimum Gasteiger partial charge on any atom is -0.504 e. The van der Waals surface area contributed by atoms with E-state index in [-0.39, 0.29) is 28.6 Å². The maximum absolute atomic E-state index is 10.6. The first-order chi connectivity index (χ1) is 14.4. The SMILES string of the molecule is COc1cc([C@@H](O)[C@H](CO)Oc2ccc([C@@H](O)[C@H](O)CN=O)cc2OC)ccc1O. The van der Waals surface area contributed by atoms with Gasteiger partial charge in [0.2, 0.25) is 0 Å². The maximum Gasteiger partial charge on any atom is 0.161 e. The van der Waals surface area contributed by atoms with Gasteiger partial charge in [0.1, 0.15) is 24.9 Å². The van der Waals surface area contributed by atoms with Crippen molar-refractivity contribution in [3.63, 3.8) is 0 Å². The van der Waals surface area contributed by atoms with Crippen LogP contribution < -0.4 is 14.2 Å². The summed E-state index contributed by atoms with van der Waals surface area (Å²) in [5.41, 5.74) is 0.610. The van der Waals surface area contributed by atoms with Crippen LogP contribution in [0.3, 0.4) is 0 Å². The zero-order valence-corrected chi connectivity index (χ0v) is 16.5. The van der Waals surface area contributed by atoms with Gasteiger partial charge in [0, 0.05) is 0 Å². The lowest BCUT2D eigenvalue weighted by Crippen LogP contribution is -2.29. The molecule has 0 aliphatic carbocycles. The van der Waals surface area contributed by atoms with E-state index in [0.717, 1.165) is 0 Å². The first-order valence-electron chi connectivity index (χ1n) is 9.01. The molecule has 0 aliphatic heterocycles. The standard InChI is InChI=1S/C20H25NO9/c1-28-16-7-12(3-5-13(16)23)20(26)18(10-22)30-15-6-4-11(8-17(15)29-2)19(25)14(24)9-21-27/h3-8,14,18-20,22-26H,9-10H2,1-2H3/t14-,18+,19-,20-/m1/s1. The summed E-state index contributed by atoms with van der Waals surface area (Å²) in [4.78, 5) is 10.3. The molecule has 0 aliphatic rings. The van der Waals surface area contributed by atoms with Crippen LogP contribution in [0.5, 0.6) is 23.0 Å². The molecule has 0 aromatic heterocycles. The van der Waals surface area contributed by atoms with Crippen LogP contribution >= 0.6 is 0 Å². The molecule has 0 spiro atoms. The molecule has 2 aromatic carbocycles. The predicted molar refractivity (Wildman–Crippen MR) is 106 cm³/mol. The molecule has 5 N–H and O–H groups in total. The van der Waals surface area contributed by atoms with Crippen molar-refractivity contribution in [3.05, 3.63) is 52.4 Å². The molecule has 0 heterocycles. The summed E-state index contributed by atoms with van der Waals surface area (Å²) >= 11 is 0. The molecule has 0 unspecified atom stereocenters. The lowest BCUT2D eigenvalue weighted by atomic mass is 10.0. The normalized spacial score (nSPS) is 15.0. The van der Waals surface area contributed by atoms with Crippen LogP contribution in [0.1, 0.15) is 23.3 Å². The van der Waals surface area contributed by atoms with Gasteiger partial charge in [-0.15, -0.1) is 0 Å². The van der Waals surface area contributed by atoms with Crippen molar-refractivity contribution in [2.75, 3.05) is 27.4 Å². The van der Waals surface area contributed by atoms with Crippen molar-refractivity contribution < 1.29 is 39.7 Å². The Labute approximate surface area is 172 Å². The Kier molecular flexibility index (Phi) is 8.36. The van der Waals surface area contributed by atoms with Crippen molar-refractivity contribution in [1.29, 1.82) is 0 Å². The molecule has 2 aromatic rings. The average Bonchev–Trinajstić information content (AvgIpc) is 2.76. The highest BCUT2D eigenvalue weighted by atomic mass is 16.5. The number of rotatable bonds is 11. The van der Waals surface area contributed by atoms with Gasteiger partial charge in [-0.1, -0.05) is 17.3 Å². The van der Waals surface area contributed by atoms with Crippen LogP contribution in [0.25, 0.3) is 0 Å². The number of methoxy groups -OCH3 is 2.